The monoisotopic (exact) mass is 165 g/mol. The topological polar surface area (TPSA) is 3.24 Å². The highest BCUT2D eigenvalue weighted by Crippen LogP contribution is 2.50. The fourth-order valence-electron chi connectivity index (χ4n) is 4.04. The largest absolute Gasteiger partial charge is 0.300 e. The van der Waals surface area contributed by atoms with Gasteiger partial charge in [0.25, 0.3) is 0 Å². The molecule has 2 saturated heterocycles. The van der Waals surface area contributed by atoms with Crippen LogP contribution in [-0.4, -0.2) is 24.0 Å². The van der Waals surface area contributed by atoms with Crippen LogP contribution in [0.5, 0.6) is 0 Å². The summed E-state index contributed by atoms with van der Waals surface area (Å²) in [6.45, 7) is 7.72. The zero-order valence-electron chi connectivity index (χ0n) is 8.16. The van der Waals surface area contributed by atoms with E-state index in [1.54, 1.807) is 0 Å². The van der Waals surface area contributed by atoms with E-state index in [0.29, 0.717) is 0 Å². The van der Waals surface area contributed by atoms with Gasteiger partial charge < -0.3 is 0 Å². The van der Waals surface area contributed by atoms with Gasteiger partial charge in [0.15, 0.2) is 0 Å². The van der Waals surface area contributed by atoms with E-state index in [-0.39, 0.29) is 0 Å². The predicted octanol–water partition coefficient (Wildman–Crippen LogP) is 1.98. The lowest BCUT2D eigenvalue weighted by Gasteiger charge is -2.30. The molecule has 3 fully saturated rings. The summed E-state index contributed by atoms with van der Waals surface area (Å²) >= 11 is 0. The van der Waals surface area contributed by atoms with E-state index in [9.17, 15) is 0 Å². The van der Waals surface area contributed by atoms with Gasteiger partial charge in [0.1, 0.15) is 0 Å². The second-order valence-electron chi connectivity index (χ2n) is 5.40. The maximum atomic E-state index is 2.77. The molecule has 3 aliphatic rings. The summed E-state index contributed by atoms with van der Waals surface area (Å²) in [4.78, 5) is 2.77. The average Bonchev–Trinajstić information content (AvgIpc) is 2.57. The normalized spacial score (nSPS) is 62.5. The van der Waals surface area contributed by atoms with Crippen LogP contribution >= 0.6 is 0 Å². The second kappa shape index (κ2) is 2.25. The van der Waals surface area contributed by atoms with E-state index >= 15 is 0 Å². The van der Waals surface area contributed by atoms with Crippen LogP contribution in [-0.2, 0) is 0 Å². The van der Waals surface area contributed by atoms with Gasteiger partial charge >= 0.3 is 0 Å². The number of fused-ring (bicyclic) bond motifs is 5. The van der Waals surface area contributed by atoms with Gasteiger partial charge in [-0.1, -0.05) is 13.8 Å². The fourth-order valence-corrected chi connectivity index (χ4v) is 4.04. The summed E-state index contributed by atoms with van der Waals surface area (Å²) in [6, 6.07) is 1.00. The van der Waals surface area contributed by atoms with Crippen molar-refractivity contribution in [3.8, 4) is 0 Å². The van der Waals surface area contributed by atoms with Crippen LogP contribution < -0.4 is 0 Å². The average molecular weight is 165 g/mol. The molecule has 2 aliphatic heterocycles. The van der Waals surface area contributed by atoms with Gasteiger partial charge in [-0.2, -0.15) is 0 Å². The molecule has 0 aromatic rings. The molecule has 2 bridgehead atoms. The third kappa shape index (κ3) is 0.783. The Morgan fingerprint density at radius 1 is 1.00 bits per heavy atom. The minimum absolute atomic E-state index is 0.997. The molecule has 6 atom stereocenters. The quantitative estimate of drug-likeness (QED) is 0.530. The van der Waals surface area contributed by atoms with Crippen molar-refractivity contribution in [3.63, 3.8) is 0 Å². The fraction of sp³-hybridized carbons (Fsp3) is 1.00. The third-order valence-electron chi connectivity index (χ3n) is 4.53. The standard InChI is InChI=1S/C11H19N/c1-7-3-9-10-6-12(5-8(10)2)11(9)4-7/h7-11H,3-6H2,1-2H3. The van der Waals surface area contributed by atoms with Gasteiger partial charge in [-0.3, -0.25) is 4.90 Å². The van der Waals surface area contributed by atoms with Crippen LogP contribution in [0.4, 0.5) is 0 Å². The van der Waals surface area contributed by atoms with Crippen molar-refractivity contribution in [3.05, 3.63) is 0 Å². The molecule has 12 heavy (non-hydrogen) atoms. The van der Waals surface area contributed by atoms with Crippen LogP contribution in [0.15, 0.2) is 0 Å². The van der Waals surface area contributed by atoms with E-state index in [2.05, 4.69) is 18.7 Å². The maximum Gasteiger partial charge on any atom is 0.0130 e. The molecule has 1 nitrogen and oxygen atoms in total. The van der Waals surface area contributed by atoms with Crippen LogP contribution in [0.3, 0.4) is 0 Å². The first kappa shape index (κ1) is 7.37. The highest BCUT2D eigenvalue weighted by Gasteiger charge is 2.52. The van der Waals surface area contributed by atoms with E-state index in [1.807, 2.05) is 0 Å². The van der Waals surface area contributed by atoms with Crippen LogP contribution in [0.1, 0.15) is 26.7 Å². The van der Waals surface area contributed by atoms with Crippen molar-refractivity contribution >= 4 is 0 Å². The SMILES string of the molecule is CC1CC2C3CN(CC3C)C2C1. The summed E-state index contributed by atoms with van der Waals surface area (Å²) in [5, 5.41) is 0. The van der Waals surface area contributed by atoms with Gasteiger partial charge in [0.05, 0.1) is 0 Å². The predicted molar refractivity (Wildman–Crippen MR) is 49.9 cm³/mol. The number of nitrogens with zero attached hydrogens (tertiary/aromatic N) is 1. The smallest absolute Gasteiger partial charge is 0.0130 e. The molecule has 0 spiro atoms. The highest BCUT2D eigenvalue weighted by atomic mass is 15.2. The number of hydrogen-bond acceptors (Lipinski definition) is 1. The van der Waals surface area contributed by atoms with E-state index in [1.165, 1.54) is 25.9 Å². The molecule has 0 N–H and O–H groups in total. The number of piperidine rings is 1. The summed E-state index contributed by atoms with van der Waals surface area (Å²) in [5.74, 6) is 4.16. The zero-order chi connectivity index (χ0) is 8.29. The van der Waals surface area contributed by atoms with Crippen molar-refractivity contribution in [2.75, 3.05) is 13.1 Å². The molecule has 1 aliphatic carbocycles. The molecule has 68 valence electrons. The molecular formula is C11H19N. The molecular weight excluding hydrogens is 146 g/mol. The molecule has 0 aromatic heterocycles. The Labute approximate surface area is 75.1 Å². The van der Waals surface area contributed by atoms with Gasteiger partial charge in [-0.05, 0) is 36.5 Å². The minimum atomic E-state index is 0.997. The first-order chi connectivity index (χ1) is 5.75. The molecule has 0 radical (unpaired) electrons. The lowest BCUT2D eigenvalue weighted by atomic mass is 9.82. The number of hydrogen-bond donors (Lipinski definition) is 0. The van der Waals surface area contributed by atoms with Crippen molar-refractivity contribution < 1.29 is 0 Å². The van der Waals surface area contributed by atoms with Crippen molar-refractivity contribution in [2.24, 2.45) is 23.7 Å². The first-order valence-corrected chi connectivity index (χ1v) is 5.49. The second-order valence-corrected chi connectivity index (χ2v) is 5.40. The summed E-state index contributed by atoms with van der Waals surface area (Å²) in [6.07, 6.45) is 3.02. The summed E-state index contributed by atoms with van der Waals surface area (Å²) in [5.41, 5.74) is 0. The molecule has 1 heteroatoms. The van der Waals surface area contributed by atoms with Crippen LogP contribution in [0.25, 0.3) is 0 Å². The number of rotatable bonds is 0. The molecule has 6 unspecified atom stereocenters. The molecule has 0 amide bonds. The third-order valence-corrected chi connectivity index (χ3v) is 4.53. The highest BCUT2D eigenvalue weighted by molar-refractivity contribution is 5.04. The minimum Gasteiger partial charge on any atom is -0.300 e. The Balaban J connectivity index is 1.86. The lowest BCUT2D eigenvalue weighted by molar-refractivity contribution is 0.185. The van der Waals surface area contributed by atoms with Gasteiger partial charge in [0.2, 0.25) is 0 Å². The van der Waals surface area contributed by atoms with Crippen molar-refractivity contribution in [1.82, 2.24) is 4.90 Å². The van der Waals surface area contributed by atoms with Gasteiger partial charge in [0, 0.05) is 19.1 Å². The lowest BCUT2D eigenvalue weighted by Crippen LogP contribution is -2.35. The van der Waals surface area contributed by atoms with Crippen molar-refractivity contribution in [1.29, 1.82) is 0 Å². The van der Waals surface area contributed by atoms with Crippen LogP contribution in [0, 0.1) is 23.7 Å². The molecule has 0 aromatic carbocycles. The maximum absolute atomic E-state index is 2.77. The van der Waals surface area contributed by atoms with E-state index in [4.69, 9.17) is 0 Å². The Morgan fingerprint density at radius 2 is 1.83 bits per heavy atom. The van der Waals surface area contributed by atoms with Gasteiger partial charge in [-0.25, -0.2) is 0 Å². The Hall–Kier alpha value is -0.0400. The Bertz CT molecular complexity index is 197. The summed E-state index contributed by atoms with van der Waals surface area (Å²) in [7, 11) is 0. The Kier molecular flexibility index (Phi) is 1.39. The summed E-state index contributed by atoms with van der Waals surface area (Å²) < 4.78 is 0. The van der Waals surface area contributed by atoms with E-state index in [0.717, 1.165) is 29.7 Å². The molecule has 3 rings (SSSR count). The van der Waals surface area contributed by atoms with Crippen molar-refractivity contribution in [2.45, 2.75) is 32.7 Å². The molecule has 2 heterocycles. The Morgan fingerprint density at radius 3 is 2.67 bits per heavy atom. The zero-order valence-corrected chi connectivity index (χ0v) is 8.16. The first-order valence-electron chi connectivity index (χ1n) is 5.49. The van der Waals surface area contributed by atoms with Gasteiger partial charge in [-0.15, -0.1) is 0 Å². The van der Waals surface area contributed by atoms with Crippen LogP contribution in [0.2, 0.25) is 0 Å². The molecule has 1 saturated carbocycles. The van der Waals surface area contributed by atoms with E-state index < -0.39 is 0 Å².